The maximum atomic E-state index is 11.9. The number of amides is 1. The highest BCUT2D eigenvalue weighted by atomic mass is 19.4. The van der Waals surface area contributed by atoms with E-state index in [1.165, 1.54) is 0 Å². The van der Waals surface area contributed by atoms with E-state index >= 15 is 0 Å². The molecule has 1 aliphatic rings. The minimum Gasteiger partial charge on any atom is -0.352 e. The van der Waals surface area contributed by atoms with Crippen molar-refractivity contribution in [1.82, 2.24) is 10.6 Å². The van der Waals surface area contributed by atoms with E-state index in [4.69, 9.17) is 0 Å². The van der Waals surface area contributed by atoms with Gasteiger partial charge in [0.15, 0.2) is 0 Å². The highest BCUT2D eigenvalue weighted by Crippen LogP contribution is 2.21. The summed E-state index contributed by atoms with van der Waals surface area (Å²) in [6.45, 7) is 2.74. The van der Waals surface area contributed by atoms with Gasteiger partial charge in [0.25, 0.3) is 0 Å². The van der Waals surface area contributed by atoms with Crippen LogP contribution in [0.5, 0.6) is 0 Å². The van der Waals surface area contributed by atoms with Crippen LogP contribution in [0.2, 0.25) is 0 Å². The van der Waals surface area contributed by atoms with Gasteiger partial charge in [-0.05, 0) is 26.3 Å². The Morgan fingerprint density at radius 2 is 2.18 bits per heavy atom. The Labute approximate surface area is 99.1 Å². The Bertz CT molecular complexity index is 250. The molecule has 1 saturated heterocycles. The molecule has 0 aromatic heterocycles. The minimum absolute atomic E-state index is 0.115. The van der Waals surface area contributed by atoms with E-state index in [1.54, 1.807) is 0 Å². The summed E-state index contributed by atoms with van der Waals surface area (Å²) in [5.74, 6) is -0.526. The summed E-state index contributed by atoms with van der Waals surface area (Å²) in [5, 5.41) is 5.88. The van der Waals surface area contributed by atoms with E-state index < -0.39 is 24.9 Å². The molecule has 0 bridgehead atoms. The molecule has 0 saturated carbocycles. The van der Waals surface area contributed by atoms with Crippen molar-refractivity contribution in [3.63, 3.8) is 0 Å². The second-order valence-corrected chi connectivity index (χ2v) is 4.53. The van der Waals surface area contributed by atoms with Gasteiger partial charge in [0.1, 0.15) is 0 Å². The Morgan fingerprint density at radius 1 is 1.47 bits per heavy atom. The van der Waals surface area contributed by atoms with Crippen LogP contribution in [0.25, 0.3) is 0 Å². The standard InChI is InChI=1S/C11H19F3N2O/c1-8(9-4-2-3-7-15-9)16-10(17)5-6-11(12,13)14/h8-9,15H,2-7H2,1H3,(H,16,17). The molecule has 100 valence electrons. The van der Waals surface area contributed by atoms with Crippen molar-refractivity contribution in [2.45, 2.75) is 57.3 Å². The fourth-order valence-corrected chi connectivity index (χ4v) is 1.99. The van der Waals surface area contributed by atoms with E-state index in [0.717, 1.165) is 25.8 Å². The lowest BCUT2D eigenvalue weighted by atomic mass is 9.99. The van der Waals surface area contributed by atoms with Crippen molar-refractivity contribution < 1.29 is 18.0 Å². The number of hydrogen-bond donors (Lipinski definition) is 2. The minimum atomic E-state index is -4.26. The third kappa shape index (κ3) is 5.91. The second-order valence-electron chi connectivity index (χ2n) is 4.53. The molecular formula is C11H19F3N2O. The highest BCUT2D eigenvalue weighted by Gasteiger charge is 2.28. The van der Waals surface area contributed by atoms with Crippen LogP contribution in [0, 0.1) is 0 Å². The average Bonchev–Trinajstić information content (AvgIpc) is 2.27. The van der Waals surface area contributed by atoms with Crippen molar-refractivity contribution in [2.24, 2.45) is 0 Å². The molecule has 2 N–H and O–H groups in total. The van der Waals surface area contributed by atoms with Gasteiger partial charge in [0.2, 0.25) is 5.91 Å². The van der Waals surface area contributed by atoms with Crippen LogP contribution in [0.3, 0.4) is 0 Å². The average molecular weight is 252 g/mol. The first-order valence-electron chi connectivity index (χ1n) is 5.98. The number of carbonyl (C=O) groups is 1. The molecule has 0 aromatic carbocycles. The molecule has 0 aliphatic carbocycles. The molecule has 0 spiro atoms. The molecule has 1 fully saturated rings. The van der Waals surface area contributed by atoms with Crippen molar-refractivity contribution in [3.05, 3.63) is 0 Å². The Balaban J connectivity index is 2.25. The molecule has 0 radical (unpaired) electrons. The topological polar surface area (TPSA) is 41.1 Å². The van der Waals surface area contributed by atoms with Gasteiger partial charge in [0, 0.05) is 18.5 Å². The second kappa shape index (κ2) is 6.23. The first-order valence-corrected chi connectivity index (χ1v) is 5.98. The van der Waals surface area contributed by atoms with Crippen LogP contribution >= 0.6 is 0 Å². The van der Waals surface area contributed by atoms with E-state index in [2.05, 4.69) is 10.6 Å². The van der Waals surface area contributed by atoms with E-state index in [-0.39, 0.29) is 12.1 Å². The normalized spacial score (nSPS) is 23.2. The maximum absolute atomic E-state index is 11.9. The number of halogens is 3. The summed E-state index contributed by atoms with van der Waals surface area (Å²) in [6, 6.07) is 0.0645. The van der Waals surface area contributed by atoms with Gasteiger partial charge in [-0.3, -0.25) is 4.79 Å². The smallest absolute Gasteiger partial charge is 0.352 e. The van der Waals surface area contributed by atoms with Crippen molar-refractivity contribution in [1.29, 1.82) is 0 Å². The fourth-order valence-electron chi connectivity index (χ4n) is 1.99. The number of piperidine rings is 1. The van der Waals surface area contributed by atoms with Gasteiger partial charge in [-0.2, -0.15) is 13.2 Å². The van der Waals surface area contributed by atoms with Crippen LogP contribution in [0.4, 0.5) is 13.2 Å². The molecule has 1 amide bonds. The lowest BCUT2D eigenvalue weighted by Gasteiger charge is -2.29. The first kappa shape index (κ1) is 14.3. The Morgan fingerprint density at radius 3 is 2.71 bits per heavy atom. The lowest BCUT2D eigenvalue weighted by molar-refractivity contribution is -0.144. The molecular weight excluding hydrogens is 233 g/mol. The van der Waals surface area contributed by atoms with Crippen LogP contribution in [-0.2, 0) is 4.79 Å². The molecule has 6 heteroatoms. The molecule has 17 heavy (non-hydrogen) atoms. The van der Waals surface area contributed by atoms with Crippen LogP contribution < -0.4 is 10.6 Å². The van der Waals surface area contributed by atoms with Gasteiger partial charge in [0.05, 0.1) is 6.42 Å². The maximum Gasteiger partial charge on any atom is 0.389 e. The quantitative estimate of drug-likeness (QED) is 0.803. The summed E-state index contributed by atoms with van der Waals surface area (Å²) >= 11 is 0. The van der Waals surface area contributed by atoms with Gasteiger partial charge in [-0.15, -0.1) is 0 Å². The van der Waals surface area contributed by atoms with Gasteiger partial charge in [-0.1, -0.05) is 6.42 Å². The predicted molar refractivity (Wildman–Crippen MR) is 58.5 cm³/mol. The molecule has 1 aliphatic heterocycles. The molecule has 1 heterocycles. The number of alkyl halides is 3. The first-order chi connectivity index (χ1) is 7.88. The summed E-state index contributed by atoms with van der Waals surface area (Å²) in [5.41, 5.74) is 0. The van der Waals surface area contributed by atoms with E-state index in [1.807, 2.05) is 6.92 Å². The number of nitrogens with one attached hydrogen (secondary N) is 2. The molecule has 3 nitrogen and oxygen atoms in total. The van der Waals surface area contributed by atoms with Crippen molar-refractivity contribution in [2.75, 3.05) is 6.54 Å². The van der Waals surface area contributed by atoms with Gasteiger partial charge >= 0.3 is 6.18 Å². The number of rotatable bonds is 4. The summed E-state index contributed by atoms with van der Waals surface area (Å²) in [7, 11) is 0. The zero-order chi connectivity index (χ0) is 12.9. The SMILES string of the molecule is CC(NC(=O)CCC(F)(F)F)C1CCCCN1. The Kier molecular flexibility index (Phi) is 5.24. The monoisotopic (exact) mass is 252 g/mol. The molecule has 2 atom stereocenters. The third-order valence-corrected chi connectivity index (χ3v) is 2.98. The van der Waals surface area contributed by atoms with Crippen LogP contribution in [0.1, 0.15) is 39.0 Å². The molecule has 2 unspecified atom stereocenters. The number of carbonyl (C=O) groups excluding carboxylic acids is 1. The predicted octanol–water partition coefficient (Wildman–Crippen LogP) is 1.98. The fraction of sp³-hybridized carbons (Fsp3) is 0.909. The van der Waals surface area contributed by atoms with Gasteiger partial charge in [-0.25, -0.2) is 0 Å². The summed E-state index contributed by atoms with van der Waals surface area (Å²) in [4.78, 5) is 11.3. The van der Waals surface area contributed by atoms with Gasteiger partial charge < -0.3 is 10.6 Å². The van der Waals surface area contributed by atoms with Crippen molar-refractivity contribution >= 4 is 5.91 Å². The largest absolute Gasteiger partial charge is 0.389 e. The van der Waals surface area contributed by atoms with Crippen molar-refractivity contribution in [3.8, 4) is 0 Å². The highest BCUT2D eigenvalue weighted by molar-refractivity contribution is 5.76. The van der Waals surface area contributed by atoms with E-state index in [9.17, 15) is 18.0 Å². The lowest BCUT2D eigenvalue weighted by Crippen LogP contribution is -2.50. The third-order valence-electron chi connectivity index (χ3n) is 2.98. The molecule has 0 aromatic rings. The van der Waals surface area contributed by atoms with Crippen LogP contribution in [-0.4, -0.2) is 30.7 Å². The Hall–Kier alpha value is -0.780. The zero-order valence-electron chi connectivity index (χ0n) is 9.94. The van der Waals surface area contributed by atoms with E-state index in [0.29, 0.717) is 0 Å². The summed E-state index contributed by atoms with van der Waals surface area (Å²) < 4.78 is 35.7. The number of hydrogen-bond acceptors (Lipinski definition) is 2. The zero-order valence-corrected chi connectivity index (χ0v) is 9.94. The summed E-state index contributed by atoms with van der Waals surface area (Å²) in [6.07, 6.45) is -2.62. The molecule has 1 rings (SSSR count). The van der Waals surface area contributed by atoms with Crippen LogP contribution in [0.15, 0.2) is 0 Å².